The number of carbonyl (C=O) groups excluding carboxylic acids is 1. The maximum absolute atomic E-state index is 13.1. The van der Waals surface area contributed by atoms with Crippen LogP contribution in [0.4, 0.5) is 5.82 Å². The van der Waals surface area contributed by atoms with Crippen LogP contribution < -0.4 is 5.32 Å². The van der Waals surface area contributed by atoms with E-state index in [-0.39, 0.29) is 18.2 Å². The summed E-state index contributed by atoms with van der Waals surface area (Å²) < 4.78 is 0. The van der Waals surface area contributed by atoms with Crippen molar-refractivity contribution in [1.82, 2.24) is 9.88 Å². The Balaban J connectivity index is 1.39. The number of hydrogen-bond acceptors (Lipinski definition) is 4. The van der Waals surface area contributed by atoms with Crippen LogP contribution >= 0.6 is 0 Å². The zero-order chi connectivity index (χ0) is 23.6. The number of benzene rings is 1. The molecule has 6 nitrogen and oxygen atoms in total. The molecule has 0 atom stereocenters. The highest BCUT2D eigenvalue weighted by Crippen LogP contribution is 2.38. The predicted molar refractivity (Wildman–Crippen MR) is 131 cm³/mol. The lowest BCUT2D eigenvalue weighted by atomic mass is 9.71. The average Bonchev–Trinajstić information content (AvgIpc) is 2.78. The van der Waals surface area contributed by atoms with E-state index in [9.17, 15) is 9.59 Å². The topological polar surface area (TPSA) is 82.5 Å². The number of nitrogens with zero attached hydrogens (tertiary/aromatic N) is 2. The molecule has 0 radical (unpaired) electrons. The van der Waals surface area contributed by atoms with Crippen LogP contribution in [0.5, 0.6) is 0 Å². The number of carboxylic acid groups (broad SMARTS) is 1. The maximum atomic E-state index is 13.1. The molecule has 1 aromatic carbocycles. The zero-order valence-corrected chi connectivity index (χ0v) is 20.1. The van der Waals surface area contributed by atoms with Gasteiger partial charge < -0.3 is 15.3 Å². The second-order valence-electron chi connectivity index (χ2n) is 11.0. The highest BCUT2D eigenvalue weighted by molar-refractivity contribution is 5.99. The molecule has 33 heavy (non-hydrogen) atoms. The number of rotatable bonds is 5. The van der Waals surface area contributed by atoms with Gasteiger partial charge in [-0.05, 0) is 79.4 Å². The Morgan fingerprint density at radius 2 is 1.73 bits per heavy atom. The van der Waals surface area contributed by atoms with Gasteiger partial charge in [0.1, 0.15) is 5.82 Å². The summed E-state index contributed by atoms with van der Waals surface area (Å²) in [7, 11) is 0. The van der Waals surface area contributed by atoms with Crippen LogP contribution in [0.3, 0.4) is 0 Å². The maximum Gasteiger partial charge on any atom is 0.303 e. The first kappa shape index (κ1) is 23.5. The van der Waals surface area contributed by atoms with Crippen LogP contribution in [0.25, 0.3) is 10.8 Å². The summed E-state index contributed by atoms with van der Waals surface area (Å²) >= 11 is 0. The molecule has 2 aliphatic rings. The molecule has 1 amide bonds. The van der Waals surface area contributed by atoms with E-state index in [0.717, 1.165) is 48.2 Å². The van der Waals surface area contributed by atoms with E-state index in [1.807, 2.05) is 29.3 Å². The van der Waals surface area contributed by atoms with Gasteiger partial charge in [-0.2, -0.15) is 0 Å². The van der Waals surface area contributed by atoms with Gasteiger partial charge in [0.2, 0.25) is 0 Å². The van der Waals surface area contributed by atoms with Crippen LogP contribution in [0.15, 0.2) is 30.5 Å². The zero-order valence-electron chi connectivity index (χ0n) is 20.1. The first-order chi connectivity index (χ1) is 15.7. The number of anilines is 1. The number of fused-ring (bicyclic) bond motifs is 1. The Bertz CT molecular complexity index is 997. The summed E-state index contributed by atoms with van der Waals surface area (Å²) in [5.74, 6) is 1.09. The molecule has 0 bridgehead atoms. The third kappa shape index (κ3) is 5.84. The van der Waals surface area contributed by atoms with Crippen LogP contribution in [0, 0.1) is 17.3 Å². The van der Waals surface area contributed by atoms with Crippen molar-refractivity contribution >= 4 is 28.5 Å². The number of piperidine rings is 1. The van der Waals surface area contributed by atoms with Gasteiger partial charge >= 0.3 is 5.97 Å². The molecular formula is C27H37N3O3. The predicted octanol–water partition coefficient (Wildman–Crippen LogP) is 5.58. The number of likely N-dealkylation sites (tertiary alicyclic amines) is 1. The van der Waals surface area contributed by atoms with Gasteiger partial charge in [-0.1, -0.05) is 26.8 Å². The van der Waals surface area contributed by atoms with Gasteiger partial charge in [-0.15, -0.1) is 0 Å². The number of nitrogens with one attached hydrogen (secondary N) is 1. The van der Waals surface area contributed by atoms with Gasteiger partial charge in [-0.3, -0.25) is 9.59 Å². The quantitative estimate of drug-likeness (QED) is 0.620. The van der Waals surface area contributed by atoms with Crippen molar-refractivity contribution in [2.75, 3.05) is 18.4 Å². The van der Waals surface area contributed by atoms with Gasteiger partial charge in [0, 0.05) is 42.7 Å². The van der Waals surface area contributed by atoms with E-state index in [4.69, 9.17) is 5.11 Å². The first-order valence-corrected chi connectivity index (χ1v) is 12.4. The molecular weight excluding hydrogens is 414 g/mol. The van der Waals surface area contributed by atoms with E-state index in [0.29, 0.717) is 30.1 Å². The number of carbonyl (C=O) groups is 2. The molecule has 4 rings (SSSR count). The van der Waals surface area contributed by atoms with Crippen LogP contribution in [-0.2, 0) is 4.79 Å². The number of carboxylic acids is 1. The number of pyridine rings is 1. The Kier molecular flexibility index (Phi) is 6.91. The highest BCUT2D eigenvalue weighted by atomic mass is 16.4. The first-order valence-electron chi connectivity index (χ1n) is 12.4. The van der Waals surface area contributed by atoms with E-state index in [1.54, 1.807) is 0 Å². The molecule has 2 heterocycles. The largest absolute Gasteiger partial charge is 0.481 e. The SMILES string of the molecule is CC(C)(C)[C@H]1CC[C@H](Nc2cc3cc(C(=O)N4CCC(CC(=O)O)CC4)ccc3cn2)CC1. The number of amides is 1. The van der Waals surface area contributed by atoms with Gasteiger partial charge in [0.25, 0.3) is 5.91 Å². The fourth-order valence-corrected chi connectivity index (χ4v) is 5.44. The van der Waals surface area contributed by atoms with Gasteiger partial charge in [-0.25, -0.2) is 4.98 Å². The van der Waals surface area contributed by atoms with Crippen LogP contribution in [0.1, 0.15) is 76.1 Å². The molecule has 2 fully saturated rings. The third-order valence-corrected chi connectivity index (χ3v) is 7.64. The summed E-state index contributed by atoms with van der Waals surface area (Å²) in [6.07, 6.45) is 8.40. The van der Waals surface area contributed by atoms with E-state index in [1.165, 1.54) is 12.8 Å². The van der Waals surface area contributed by atoms with Crippen molar-refractivity contribution in [2.24, 2.45) is 17.3 Å². The monoisotopic (exact) mass is 451 g/mol. The van der Waals surface area contributed by atoms with Crippen LogP contribution in [-0.4, -0.2) is 46.0 Å². The lowest BCUT2D eigenvalue weighted by molar-refractivity contribution is -0.138. The molecule has 1 aromatic heterocycles. The van der Waals surface area contributed by atoms with Crippen molar-refractivity contribution in [3.05, 3.63) is 36.0 Å². The van der Waals surface area contributed by atoms with Crippen molar-refractivity contribution in [1.29, 1.82) is 0 Å². The minimum Gasteiger partial charge on any atom is -0.481 e. The van der Waals surface area contributed by atoms with Crippen molar-refractivity contribution < 1.29 is 14.7 Å². The Labute approximate surface area is 196 Å². The summed E-state index contributed by atoms with van der Waals surface area (Å²) in [4.78, 5) is 30.5. The fourth-order valence-electron chi connectivity index (χ4n) is 5.44. The molecule has 0 spiro atoms. The minimum atomic E-state index is -0.755. The minimum absolute atomic E-state index is 0.0255. The molecule has 1 saturated heterocycles. The van der Waals surface area contributed by atoms with Gasteiger partial charge in [0.05, 0.1) is 0 Å². The summed E-state index contributed by atoms with van der Waals surface area (Å²) in [5.41, 5.74) is 1.06. The summed E-state index contributed by atoms with van der Waals surface area (Å²) in [5, 5.41) is 14.7. The lowest BCUT2D eigenvalue weighted by Crippen LogP contribution is -2.38. The number of aliphatic carboxylic acids is 1. The normalized spacial score (nSPS) is 22.3. The second kappa shape index (κ2) is 9.70. The number of hydrogen-bond donors (Lipinski definition) is 2. The van der Waals surface area contributed by atoms with E-state index in [2.05, 4.69) is 37.1 Å². The summed E-state index contributed by atoms with van der Waals surface area (Å²) in [6.45, 7) is 8.26. The molecule has 1 saturated carbocycles. The Morgan fingerprint density at radius 1 is 1.03 bits per heavy atom. The van der Waals surface area contributed by atoms with E-state index >= 15 is 0 Å². The molecule has 2 N–H and O–H groups in total. The van der Waals surface area contributed by atoms with Gasteiger partial charge in [0.15, 0.2) is 0 Å². The van der Waals surface area contributed by atoms with Crippen molar-refractivity contribution in [3.8, 4) is 0 Å². The lowest BCUT2D eigenvalue weighted by Gasteiger charge is -2.37. The summed E-state index contributed by atoms with van der Waals surface area (Å²) in [6, 6.07) is 8.30. The average molecular weight is 452 g/mol. The third-order valence-electron chi connectivity index (χ3n) is 7.64. The molecule has 2 aromatic rings. The molecule has 0 unspecified atom stereocenters. The fraction of sp³-hybridized carbons (Fsp3) is 0.593. The molecule has 178 valence electrons. The van der Waals surface area contributed by atoms with Crippen molar-refractivity contribution in [2.45, 2.75) is 71.8 Å². The molecule has 6 heteroatoms. The molecule has 1 aliphatic heterocycles. The van der Waals surface area contributed by atoms with Crippen molar-refractivity contribution in [3.63, 3.8) is 0 Å². The Hall–Kier alpha value is -2.63. The smallest absolute Gasteiger partial charge is 0.303 e. The van der Waals surface area contributed by atoms with E-state index < -0.39 is 5.97 Å². The Morgan fingerprint density at radius 3 is 2.36 bits per heavy atom. The second-order valence-corrected chi connectivity index (χ2v) is 11.0. The molecule has 1 aliphatic carbocycles. The number of aromatic nitrogens is 1. The highest BCUT2D eigenvalue weighted by Gasteiger charge is 2.30. The van der Waals surface area contributed by atoms with Crippen LogP contribution in [0.2, 0.25) is 0 Å². The standard InChI is InChI=1S/C27H37N3O3/c1-27(2,3)22-6-8-23(9-7-22)29-24-16-21-15-19(4-5-20(21)17-28-24)26(33)30-12-10-18(11-13-30)14-25(31)32/h4-5,15-18,22-23H,6-14H2,1-3H3,(H,28,29)(H,31,32)/t22-,23-.